The average molecular weight is 385 g/mol. The summed E-state index contributed by atoms with van der Waals surface area (Å²) in [7, 11) is 0. The Morgan fingerprint density at radius 1 is 1.37 bits per heavy atom. The lowest BCUT2D eigenvalue weighted by atomic mass is 9.91. The molecule has 1 aromatic rings. The number of esters is 1. The van der Waals surface area contributed by atoms with Crippen LogP contribution in [-0.2, 0) is 16.1 Å². The maximum absolute atomic E-state index is 13.9. The van der Waals surface area contributed by atoms with Gasteiger partial charge in [0.1, 0.15) is 5.41 Å². The molecule has 0 amide bonds. The first kappa shape index (κ1) is 20.0. The van der Waals surface area contributed by atoms with E-state index in [1.54, 1.807) is 11.5 Å². The van der Waals surface area contributed by atoms with Crippen molar-refractivity contribution < 1.29 is 27.8 Å². The minimum Gasteiger partial charge on any atom is -0.466 e. The molecule has 0 aliphatic heterocycles. The molecule has 4 unspecified atom stereocenters. The number of halogens is 3. The van der Waals surface area contributed by atoms with Crippen LogP contribution < -0.4 is 10.6 Å². The SMILES string of the molecule is CCOC(=O)C(CC)c1c(C)n(CC)c2c1=CC1C(C)(O)C1(C(F)(F)F)C=2. The molecule has 0 bridgehead atoms. The third-order valence-corrected chi connectivity index (χ3v) is 6.31. The fourth-order valence-electron chi connectivity index (χ4n) is 4.84. The van der Waals surface area contributed by atoms with Crippen molar-refractivity contribution in [3.63, 3.8) is 0 Å². The summed E-state index contributed by atoms with van der Waals surface area (Å²) in [5.41, 5.74) is -2.68. The van der Waals surface area contributed by atoms with Gasteiger partial charge in [-0.25, -0.2) is 0 Å². The number of hydrogen-bond acceptors (Lipinski definition) is 3. The smallest absolute Gasteiger partial charge is 0.401 e. The molecule has 2 aliphatic rings. The predicted octanol–water partition coefficient (Wildman–Crippen LogP) is 2.38. The monoisotopic (exact) mass is 385 g/mol. The van der Waals surface area contributed by atoms with Crippen LogP contribution in [0.25, 0.3) is 12.2 Å². The van der Waals surface area contributed by atoms with Crippen LogP contribution in [0.3, 0.4) is 0 Å². The number of carbonyl (C=O) groups is 1. The highest BCUT2D eigenvalue weighted by molar-refractivity contribution is 5.79. The molecule has 0 aromatic carbocycles. The zero-order chi connectivity index (χ0) is 20.4. The summed E-state index contributed by atoms with van der Waals surface area (Å²) >= 11 is 0. The number of fused-ring (bicyclic) bond motifs is 2. The number of ether oxygens (including phenoxy) is 1. The molecule has 27 heavy (non-hydrogen) atoms. The van der Waals surface area contributed by atoms with Gasteiger partial charge in [0.2, 0.25) is 0 Å². The van der Waals surface area contributed by atoms with Crippen molar-refractivity contribution in [3.8, 4) is 0 Å². The summed E-state index contributed by atoms with van der Waals surface area (Å²) in [5.74, 6) is -1.97. The average Bonchev–Trinajstić information content (AvgIpc) is 2.95. The van der Waals surface area contributed by atoms with Crippen molar-refractivity contribution in [2.24, 2.45) is 11.3 Å². The lowest BCUT2D eigenvalue weighted by Crippen LogP contribution is -2.40. The van der Waals surface area contributed by atoms with Crippen LogP contribution in [0, 0.1) is 18.3 Å². The van der Waals surface area contributed by atoms with Crippen LogP contribution >= 0.6 is 0 Å². The van der Waals surface area contributed by atoms with E-state index in [2.05, 4.69) is 0 Å². The molecule has 1 saturated carbocycles. The molecule has 0 saturated heterocycles. The Balaban J connectivity index is 2.30. The number of aromatic nitrogens is 1. The highest BCUT2D eigenvalue weighted by Gasteiger charge is 2.83. The Morgan fingerprint density at radius 2 is 2.00 bits per heavy atom. The van der Waals surface area contributed by atoms with Gasteiger partial charge in [0, 0.05) is 28.7 Å². The van der Waals surface area contributed by atoms with Crippen LogP contribution in [-0.4, -0.2) is 34.0 Å². The summed E-state index contributed by atoms with van der Waals surface area (Å²) in [4.78, 5) is 12.5. The molecule has 1 aromatic heterocycles. The Kier molecular flexibility index (Phi) is 4.53. The van der Waals surface area contributed by atoms with E-state index in [4.69, 9.17) is 4.74 Å². The van der Waals surface area contributed by atoms with Gasteiger partial charge in [0.25, 0.3) is 0 Å². The summed E-state index contributed by atoms with van der Waals surface area (Å²) in [6, 6.07) is 0. The number of rotatable bonds is 5. The molecule has 2 aliphatic carbocycles. The Labute approximate surface area is 156 Å². The maximum atomic E-state index is 13.9. The molecule has 4 nitrogen and oxygen atoms in total. The summed E-state index contributed by atoms with van der Waals surface area (Å²) in [6.07, 6.45) is -1.39. The van der Waals surface area contributed by atoms with Gasteiger partial charge in [-0.1, -0.05) is 13.0 Å². The molecular formula is C20H26F3NO3. The summed E-state index contributed by atoms with van der Waals surface area (Å²) < 4.78 is 48.6. The Hall–Kier alpha value is -1.76. The lowest BCUT2D eigenvalue weighted by molar-refractivity contribution is -0.184. The van der Waals surface area contributed by atoms with Crippen LogP contribution in [0.4, 0.5) is 13.2 Å². The zero-order valence-electron chi connectivity index (χ0n) is 16.3. The molecular weight excluding hydrogens is 359 g/mol. The van der Waals surface area contributed by atoms with E-state index in [-0.39, 0.29) is 12.6 Å². The first-order valence-corrected chi connectivity index (χ1v) is 9.38. The fourth-order valence-corrected chi connectivity index (χ4v) is 4.84. The first-order valence-electron chi connectivity index (χ1n) is 9.38. The van der Waals surface area contributed by atoms with Crippen molar-refractivity contribution in [2.75, 3.05) is 6.61 Å². The lowest BCUT2D eigenvalue weighted by Gasteiger charge is -2.20. The standard InChI is InChI=1S/C20H26F3NO3/c1-6-12(17(25)27-8-3)16-11(4)24(7-2)14-10-19(20(21,22)23)15(9-13(14)16)18(19,5)26/h9-10,12,15,26H,6-8H2,1-5H3. The molecule has 1 heterocycles. The number of carbonyl (C=O) groups excluding carboxylic acids is 1. The highest BCUT2D eigenvalue weighted by Crippen LogP contribution is 2.71. The van der Waals surface area contributed by atoms with Crippen molar-refractivity contribution in [2.45, 2.75) is 65.3 Å². The molecule has 1 N–H and O–H groups in total. The normalized spacial score (nSPS) is 29.9. The van der Waals surface area contributed by atoms with Gasteiger partial charge < -0.3 is 14.4 Å². The summed E-state index contributed by atoms with van der Waals surface area (Å²) in [6.45, 7) is 9.21. The molecule has 1 fully saturated rings. The third kappa shape index (κ3) is 2.43. The van der Waals surface area contributed by atoms with Gasteiger partial charge in [0.05, 0.1) is 18.1 Å². The Bertz CT molecular complexity index is 897. The van der Waals surface area contributed by atoms with Gasteiger partial charge >= 0.3 is 12.1 Å². The molecule has 4 atom stereocenters. The van der Waals surface area contributed by atoms with E-state index in [9.17, 15) is 23.1 Å². The predicted molar refractivity (Wildman–Crippen MR) is 95.3 cm³/mol. The van der Waals surface area contributed by atoms with Crippen molar-refractivity contribution in [1.82, 2.24) is 4.57 Å². The largest absolute Gasteiger partial charge is 0.466 e. The second kappa shape index (κ2) is 6.12. The van der Waals surface area contributed by atoms with E-state index < -0.39 is 29.0 Å². The van der Waals surface area contributed by atoms with Gasteiger partial charge in [-0.05, 0) is 45.8 Å². The van der Waals surface area contributed by atoms with Crippen molar-refractivity contribution in [1.29, 1.82) is 0 Å². The van der Waals surface area contributed by atoms with Crippen LogP contribution in [0.5, 0.6) is 0 Å². The van der Waals surface area contributed by atoms with Gasteiger partial charge in [-0.3, -0.25) is 4.79 Å². The van der Waals surface area contributed by atoms with E-state index in [1.165, 1.54) is 19.1 Å². The minimum absolute atomic E-state index is 0.245. The number of alkyl halides is 3. The van der Waals surface area contributed by atoms with Crippen LogP contribution in [0.15, 0.2) is 0 Å². The summed E-state index contributed by atoms with van der Waals surface area (Å²) in [5, 5.41) is 11.5. The molecule has 0 radical (unpaired) electrons. The zero-order valence-corrected chi connectivity index (χ0v) is 16.3. The van der Waals surface area contributed by atoms with E-state index in [0.717, 1.165) is 5.69 Å². The van der Waals surface area contributed by atoms with Gasteiger partial charge in [0.15, 0.2) is 0 Å². The topological polar surface area (TPSA) is 51.5 Å². The number of hydrogen-bond donors (Lipinski definition) is 1. The molecule has 3 rings (SSSR count). The van der Waals surface area contributed by atoms with E-state index >= 15 is 0 Å². The minimum atomic E-state index is -4.56. The number of nitrogens with zero attached hydrogens (tertiary/aromatic N) is 1. The third-order valence-electron chi connectivity index (χ3n) is 6.31. The highest BCUT2D eigenvalue weighted by atomic mass is 19.4. The van der Waals surface area contributed by atoms with E-state index in [0.29, 0.717) is 29.1 Å². The number of aliphatic hydroxyl groups is 1. The second-order valence-corrected chi connectivity index (χ2v) is 7.56. The molecule has 7 heteroatoms. The van der Waals surface area contributed by atoms with Crippen LogP contribution in [0.2, 0.25) is 0 Å². The van der Waals surface area contributed by atoms with Crippen LogP contribution in [0.1, 0.15) is 51.3 Å². The first-order chi connectivity index (χ1) is 12.5. The maximum Gasteiger partial charge on any atom is 0.401 e. The molecule has 0 spiro atoms. The molecule has 150 valence electrons. The van der Waals surface area contributed by atoms with Crippen molar-refractivity contribution >= 4 is 18.1 Å². The van der Waals surface area contributed by atoms with E-state index in [1.807, 2.05) is 20.8 Å². The van der Waals surface area contributed by atoms with Crippen molar-refractivity contribution in [3.05, 3.63) is 21.8 Å². The second-order valence-electron chi connectivity index (χ2n) is 7.56. The van der Waals surface area contributed by atoms with Gasteiger partial charge in [-0.15, -0.1) is 0 Å². The van der Waals surface area contributed by atoms with Gasteiger partial charge in [-0.2, -0.15) is 13.2 Å². The Morgan fingerprint density at radius 3 is 2.48 bits per heavy atom. The quantitative estimate of drug-likeness (QED) is 0.792. The fraction of sp³-hybridized carbons (Fsp3) is 0.650.